The summed E-state index contributed by atoms with van der Waals surface area (Å²) in [5.74, 6) is -2.81. The quantitative estimate of drug-likeness (QED) is 0.218. The standard InChI is InChI=1S/C24H24FN3O6/c25-17-8-6-16(7-9-17)22(29)20-21(18-4-1-2-5-19(18)28(32)33)27(24(31)23(20)30)11-3-10-26-12-14-34-15-13-26/h1-2,4-9,21,29H,3,10-15H2/b22-20+/t21-/m0/s1. The molecule has 9 nitrogen and oxygen atoms in total. The number of nitro groups is 1. The maximum Gasteiger partial charge on any atom is 0.295 e. The summed E-state index contributed by atoms with van der Waals surface area (Å²) in [6, 6.07) is 9.50. The van der Waals surface area contributed by atoms with E-state index in [2.05, 4.69) is 4.90 Å². The fourth-order valence-corrected chi connectivity index (χ4v) is 4.37. The minimum atomic E-state index is -1.14. The summed E-state index contributed by atoms with van der Waals surface area (Å²) >= 11 is 0. The molecule has 1 N–H and O–H groups in total. The summed E-state index contributed by atoms with van der Waals surface area (Å²) < 4.78 is 18.7. The van der Waals surface area contributed by atoms with Crippen molar-refractivity contribution in [3.05, 3.63) is 81.2 Å². The number of aliphatic hydroxyl groups excluding tert-OH is 1. The highest BCUT2D eigenvalue weighted by molar-refractivity contribution is 6.46. The minimum absolute atomic E-state index is 0.127. The third-order valence-electron chi connectivity index (χ3n) is 6.06. The van der Waals surface area contributed by atoms with Gasteiger partial charge in [-0.3, -0.25) is 24.6 Å². The molecule has 2 aromatic carbocycles. The van der Waals surface area contributed by atoms with Crippen molar-refractivity contribution in [1.29, 1.82) is 0 Å². The maximum absolute atomic E-state index is 13.4. The van der Waals surface area contributed by atoms with Gasteiger partial charge in [0.05, 0.1) is 35.3 Å². The number of ether oxygens (including phenoxy) is 1. The van der Waals surface area contributed by atoms with E-state index < -0.39 is 34.2 Å². The average molecular weight is 469 g/mol. The molecule has 0 aliphatic carbocycles. The van der Waals surface area contributed by atoms with Crippen LogP contribution in [0.25, 0.3) is 5.76 Å². The Morgan fingerprint density at radius 3 is 2.44 bits per heavy atom. The molecule has 178 valence electrons. The summed E-state index contributed by atoms with van der Waals surface area (Å²) in [6.07, 6.45) is 0.529. The number of hydrogen-bond donors (Lipinski definition) is 1. The van der Waals surface area contributed by atoms with Crippen LogP contribution in [0.5, 0.6) is 0 Å². The van der Waals surface area contributed by atoms with Crippen molar-refractivity contribution >= 4 is 23.1 Å². The number of hydrogen-bond acceptors (Lipinski definition) is 7. The second-order valence-electron chi connectivity index (χ2n) is 8.12. The number of likely N-dealkylation sites (tertiary alicyclic amines) is 1. The first-order valence-electron chi connectivity index (χ1n) is 11.0. The molecule has 1 atom stereocenters. The summed E-state index contributed by atoms with van der Waals surface area (Å²) in [6.45, 7) is 3.59. The number of ketones is 1. The number of carbonyl (C=O) groups is 2. The lowest BCUT2D eigenvalue weighted by Crippen LogP contribution is -2.39. The van der Waals surface area contributed by atoms with E-state index in [9.17, 15) is 29.2 Å². The van der Waals surface area contributed by atoms with Crippen LogP contribution in [0.15, 0.2) is 54.1 Å². The molecular weight excluding hydrogens is 445 g/mol. The van der Waals surface area contributed by atoms with E-state index in [0.717, 1.165) is 25.2 Å². The van der Waals surface area contributed by atoms with Gasteiger partial charge in [0.1, 0.15) is 11.6 Å². The van der Waals surface area contributed by atoms with Crippen LogP contribution in [0, 0.1) is 15.9 Å². The molecule has 34 heavy (non-hydrogen) atoms. The molecule has 10 heteroatoms. The summed E-state index contributed by atoms with van der Waals surface area (Å²) in [5.41, 5.74) is -0.257. The number of amides is 1. The third kappa shape index (κ3) is 4.68. The zero-order valence-corrected chi connectivity index (χ0v) is 18.4. The zero-order chi connectivity index (χ0) is 24.2. The van der Waals surface area contributed by atoms with Crippen molar-refractivity contribution in [3.63, 3.8) is 0 Å². The number of para-hydroxylation sites is 1. The molecule has 2 aliphatic heterocycles. The van der Waals surface area contributed by atoms with Crippen molar-refractivity contribution < 1.29 is 28.7 Å². The van der Waals surface area contributed by atoms with Crippen molar-refractivity contribution in [3.8, 4) is 0 Å². The lowest BCUT2D eigenvalue weighted by molar-refractivity contribution is -0.385. The number of aliphatic hydroxyl groups is 1. The van der Waals surface area contributed by atoms with Crippen LogP contribution in [0.3, 0.4) is 0 Å². The van der Waals surface area contributed by atoms with E-state index in [-0.39, 0.29) is 28.9 Å². The first-order valence-corrected chi connectivity index (χ1v) is 11.0. The van der Waals surface area contributed by atoms with E-state index >= 15 is 0 Å². The van der Waals surface area contributed by atoms with E-state index in [1.54, 1.807) is 6.07 Å². The molecule has 0 bridgehead atoms. The number of morpholine rings is 1. The van der Waals surface area contributed by atoms with Gasteiger partial charge < -0.3 is 14.7 Å². The highest BCUT2D eigenvalue weighted by Gasteiger charge is 2.47. The van der Waals surface area contributed by atoms with Gasteiger partial charge in [0.2, 0.25) is 0 Å². The molecule has 0 spiro atoms. The molecule has 4 rings (SSSR count). The molecule has 0 saturated carbocycles. The second-order valence-corrected chi connectivity index (χ2v) is 8.12. The Morgan fingerprint density at radius 1 is 1.09 bits per heavy atom. The first kappa shape index (κ1) is 23.5. The summed E-state index contributed by atoms with van der Waals surface area (Å²) in [5, 5.41) is 22.7. The second kappa shape index (κ2) is 10.1. The molecule has 1 amide bonds. The first-order chi connectivity index (χ1) is 16.4. The van der Waals surface area contributed by atoms with Gasteiger partial charge in [-0.05, 0) is 36.8 Å². The molecule has 2 aromatic rings. The van der Waals surface area contributed by atoms with E-state index in [0.29, 0.717) is 26.2 Å². The number of benzene rings is 2. The Bertz CT molecular complexity index is 1130. The van der Waals surface area contributed by atoms with E-state index in [1.807, 2.05) is 0 Å². The fraction of sp³-hybridized carbons (Fsp3) is 0.333. The number of nitrogens with zero attached hydrogens (tertiary/aromatic N) is 3. The molecule has 0 aromatic heterocycles. The summed E-state index contributed by atoms with van der Waals surface area (Å²) in [4.78, 5) is 40.7. The van der Waals surface area contributed by atoms with Crippen LogP contribution in [-0.4, -0.2) is 70.9 Å². The number of nitro benzene ring substituents is 1. The number of carbonyl (C=O) groups excluding carboxylic acids is 2. The monoisotopic (exact) mass is 469 g/mol. The van der Waals surface area contributed by atoms with Crippen LogP contribution in [-0.2, 0) is 14.3 Å². The Kier molecular flexibility index (Phi) is 6.99. The molecule has 2 fully saturated rings. The Hall–Kier alpha value is -3.63. The Balaban J connectivity index is 1.73. The van der Waals surface area contributed by atoms with Gasteiger partial charge in [0, 0.05) is 37.8 Å². The molecule has 0 radical (unpaired) electrons. The van der Waals surface area contributed by atoms with Gasteiger partial charge in [-0.2, -0.15) is 0 Å². The molecular formula is C24H24FN3O6. The van der Waals surface area contributed by atoms with E-state index in [4.69, 9.17) is 4.74 Å². The average Bonchev–Trinajstić information content (AvgIpc) is 3.09. The number of halogens is 1. The van der Waals surface area contributed by atoms with Gasteiger partial charge >= 0.3 is 0 Å². The smallest absolute Gasteiger partial charge is 0.295 e. The lowest BCUT2D eigenvalue weighted by atomic mass is 9.94. The molecule has 2 saturated heterocycles. The molecule has 2 heterocycles. The van der Waals surface area contributed by atoms with Gasteiger partial charge in [-0.15, -0.1) is 0 Å². The Labute approximate surface area is 195 Å². The normalized spacial score (nSPS) is 20.6. The van der Waals surface area contributed by atoms with Crippen LogP contribution in [0.1, 0.15) is 23.6 Å². The summed E-state index contributed by atoms with van der Waals surface area (Å²) in [7, 11) is 0. The third-order valence-corrected chi connectivity index (χ3v) is 6.06. The predicted molar refractivity (Wildman–Crippen MR) is 120 cm³/mol. The molecule has 2 aliphatic rings. The molecule has 0 unspecified atom stereocenters. The van der Waals surface area contributed by atoms with Gasteiger partial charge in [0.15, 0.2) is 0 Å². The highest BCUT2D eigenvalue weighted by Crippen LogP contribution is 2.42. The topological polar surface area (TPSA) is 113 Å². The minimum Gasteiger partial charge on any atom is -0.507 e. The van der Waals surface area contributed by atoms with Gasteiger partial charge in [-0.25, -0.2) is 4.39 Å². The van der Waals surface area contributed by atoms with Crippen molar-refractivity contribution in [2.24, 2.45) is 0 Å². The highest BCUT2D eigenvalue weighted by atomic mass is 19.1. The predicted octanol–water partition coefficient (Wildman–Crippen LogP) is 2.88. The Morgan fingerprint density at radius 2 is 1.76 bits per heavy atom. The number of rotatable bonds is 7. The van der Waals surface area contributed by atoms with Crippen LogP contribution < -0.4 is 0 Å². The number of Topliss-reactive ketones (excluding diaryl/α,β-unsaturated/α-hetero) is 1. The zero-order valence-electron chi connectivity index (χ0n) is 18.4. The fourth-order valence-electron chi connectivity index (χ4n) is 4.37. The van der Waals surface area contributed by atoms with E-state index in [1.165, 1.54) is 35.2 Å². The maximum atomic E-state index is 13.4. The van der Waals surface area contributed by atoms with Crippen molar-refractivity contribution in [2.45, 2.75) is 12.5 Å². The lowest BCUT2D eigenvalue weighted by Gasteiger charge is -2.29. The SMILES string of the molecule is O=C1C(=O)N(CCCN2CCOCC2)[C@@H](c2ccccc2[N+](=O)[O-])/C1=C(\O)c1ccc(F)cc1. The largest absolute Gasteiger partial charge is 0.507 e. The van der Waals surface area contributed by atoms with Crippen LogP contribution in [0.2, 0.25) is 0 Å². The van der Waals surface area contributed by atoms with Gasteiger partial charge in [0.25, 0.3) is 17.4 Å². The van der Waals surface area contributed by atoms with Crippen molar-refractivity contribution in [2.75, 3.05) is 39.4 Å². The van der Waals surface area contributed by atoms with Gasteiger partial charge in [-0.1, -0.05) is 12.1 Å². The van der Waals surface area contributed by atoms with Crippen molar-refractivity contribution in [1.82, 2.24) is 9.80 Å². The van der Waals surface area contributed by atoms with Crippen LogP contribution >= 0.6 is 0 Å². The van der Waals surface area contributed by atoms with Crippen LogP contribution in [0.4, 0.5) is 10.1 Å².